The number of ketones is 1. The van der Waals surface area contributed by atoms with Crippen LogP contribution in [0.1, 0.15) is 23.2 Å². The van der Waals surface area contributed by atoms with Crippen LogP contribution in [0.2, 0.25) is 0 Å². The fourth-order valence-corrected chi connectivity index (χ4v) is 1.93. The van der Waals surface area contributed by atoms with Gasteiger partial charge >= 0.3 is 11.9 Å². The molecule has 0 atom stereocenters. The van der Waals surface area contributed by atoms with E-state index in [0.29, 0.717) is 24.2 Å². The minimum absolute atomic E-state index is 0.0239. The van der Waals surface area contributed by atoms with Gasteiger partial charge in [0.25, 0.3) is 0 Å². The highest BCUT2D eigenvalue weighted by Gasteiger charge is 2.57. The van der Waals surface area contributed by atoms with Crippen molar-refractivity contribution in [1.29, 1.82) is 0 Å². The summed E-state index contributed by atoms with van der Waals surface area (Å²) in [5.74, 6) is -2.73. The molecule has 1 heterocycles. The molecule has 0 amide bonds. The zero-order chi connectivity index (χ0) is 12.9. The van der Waals surface area contributed by atoms with E-state index in [0.717, 1.165) is 0 Å². The third kappa shape index (κ3) is 1.46. The molecule has 1 spiro atoms. The number of ether oxygens (including phenoxy) is 2. The summed E-state index contributed by atoms with van der Waals surface area (Å²) in [6.07, 6.45) is 1.37. The van der Waals surface area contributed by atoms with Gasteiger partial charge in [0.2, 0.25) is 5.78 Å². The van der Waals surface area contributed by atoms with Crippen molar-refractivity contribution in [1.82, 2.24) is 0 Å². The number of hydrogen-bond acceptors (Lipinski definition) is 5. The highest BCUT2D eigenvalue weighted by molar-refractivity contribution is 6.29. The van der Waals surface area contributed by atoms with Crippen molar-refractivity contribution in [3.05, 3.63) is 23.8 Å². The van der Waals surface area contributed by atoms with Gasteiger partial charge in [0, 0.05) is 0 Å². The molecule has 0 radical (unpaired) electrons. The fraction of sp³-hybridized carbons (Fsp3) is 0.250. The Morgan fingerprint density at radius 2 is 2.06 bits per heavy atom. The lowest BCUT2D eigenvalue weighted by atomic mass is 10.1. The van der Waals surface area contributed by atoms with Crippen LogP contribution in [0.15, 0.2) is 18.2 Å². The Balaban J connectivity index is 1.89. The Kier molecular flexibility index (Phi) is 1.98. The predicted octanol–water partition coefficient (Wildman–Crippen LogP) is 0.784. The monoisotopic (exact) mass is 248 g/mol. The summed E-state index contributed by atoms with van der Waals surface area (Å²) in [6.45, 7) is 0. The summed E-state index contributed by atoms with van der Waals surface area (Å²) < 4.78 is 10.1. The fourth-order valence-electron chi connectivity index (χ4n) is 1.93. The molecule has 1 aliphatic carbocycles. The van der Waals surface area contributed by atoms with Crippen LogP contribution in [0.4, 0.5) is 0 Å². The van der Waals surface area contributed by atoms with Gasteiger partial charge in [-0.3, -0.25) is 4.79 Å². The summed E-state index contributed by atoms with van der Waals surface area (Å²) in [6, 6.07) is 4.24. The molecular weight excluding hydrogens is 240 g/mol. The third-order valence-corrected chi connectivity index (χ3v) is 3.00. The van der Waals surface area contributed by atoms with Crippen molar-refractivity contribution < 1.29 is 29.0 Å². The lowest BCUT2D eigenvalue weighted by Crippen LogP contribution is -2.21. The Hall–Kier alpha value is -2.37. The van der Waals surface area contributed by atoms with Crippen molar-refractivity contribution in [3.8, 4) is 11.5 Å². The number of carbonyl (C=O) groups excluding carboxylic acids is 2. The number of carboxylic acids is 1. The van der Waals surface area contributed by atoms with Crippen LogP contribution in [-0.2, 0) is 9.59 Å². The molecule has 1 aromatic carbocycles. The SMILES string of the molecule is O=C(O)C(=O)Oc1ccc2c(c1)C(=O)C1(CC1)O2. The molecule has 0 unspecified atom stereocenters. The number of benzene rings is 1. The quantitative estimate of drug-likeness (QED) is 0.449. The third-order valence-electron chi connectivity index (χ3n) is 3.00. The van der Waals surface area contributed by atoms with Gasteiger partial charge in [-0.15, -0.1) is 0 Å². The first-order valence-corrected chi connectivity index (χ1v) is 5.35. The zero-order valence-electron chi connectivity index (χ0n) is 9.13. The average Bonchev–Trinajstić information content (AvgIpc) is 3.05. The van der Waals surface area contributed by atoms with E-state index in [9.17, 15) is 14.4 Å². The molecule has 0 saturated heterocycles. The molecule has 1 fully saturated rings. The number of carboxylic acid groups (broad SMARTS) is 1. The Morgan fingerprint density at radius 1 is 1.33 bits per heavy atom. The number of carbonyl (C=O) groups is 3. The second-order valence-corrected chi connectivity index (χ2v) is 4.28. The second-order valence-electron chi connectivity index (χ2n) is 4.28. The molecule has 1 N–H and O–H groups in total. The summed E-state index contributed by atoms with van der Waals surface area (Å²) >= 11 is 0. The summed E-state index contributed by atoms with van der Waals surface area (Å²) in [7, 11) is 0. The topological polar surface area (TPSA) is 89.9 Å². The van der Waals surface area contributed by atoms with E-state index < -0.39 is 17.5 Å². The number of Topliss-reactive ketones (excluding diaryl/α,β-unsaturated/α-hetero) is 1. The minimum atomic E-state index is -1.68. The van der Waals surface area contributed by atoms with E-state index in [1.165, 1.54) is 18.2 Å². The van der Waals surface area contributed by atoms with Gasteiger partial charge in [0.1, 0.15) is 11.5 Å². The first-order valence-electron chi connectivity index (χ1n) is 5.35. The largest absolute Gasteiger partial charge is 0.478 e. The van der Waals surface area contributed by atoms with Crippen LogP contribution < -0.4 is 9.47 Å². The van der Waals surface area contributed by atoms with Gasteiger partial charge in [-0.2, -0.15) is 0 Å². The smallest absolute Gasteiger partial charge is 0.422 e. The summed E-state index contributed by atoms with van der Waals surface area (Å²) in [4.78, 5) is 33.2. The Morgan fingerprint density at radius 3 is 2.67 bits per heavy atom. The van der Waals surface area contributed by atoms with Crippen molar-refractivity contribution in [2.24, 2.45) is 0 Å². The van der Waals surface area contributed by atoms with Crippen molar-refractivity contribution >= 4 is 17.7 Å². The molecule has 18 heavy (non-hydrogen) atoms. The van der Waals surface area contributed by atoms with E-state index in [1.807, 2.05) is 0 Å². The Bertz CT molecular complexity index is 584. The lowest BCUT2D eigenvalue weighted by Gasteiger charge is -2.04. The first-order chi connectivity index (χ1) is 8.52. The van der Waals surface area contributed by atoms with Crippen molar-refractivity contribution in [3.63, 3.8) is 0 Å². The minimum Gasteiger partial charge on any atom is -0.478 e. The molecule has 2 aliphatic rings. The molecule has 1 aromatic rings. The van der Waals surface area contributed by atoms with Crippen LogP contribution in [0.5, 0.6) is 11.5 Å². The first kappa shape index (κ1) is 10.8. The van der Waals surface area contributed by atoms with Crippen LogP contribution in [0.25, 0.3) is 0 Å². The van der Waals surface area contributed by atoms with Crippen molar-refractivity contribution in [2.75, 3.05) is 0 Å². The number of rotatable bonds is 1. The van der Waals surface area contributed by atoms with Crippen LogP contribution in [-0.4, -0.2) is 28.4 Å². The van der Waals surface area contributed by atoms with Crippen LogP contribution in [0, 0.1) is 0 Å². The summed E-state index contributed by atoms with van der Waals surface area (Å²) in [5.41, 5.74) is -0.374. The van der Waals surface area contributed by atoms with Gasteiger partial charge in [0.05, 0.1) is 5.56 Å². The van der Waals surface area contributed by atoms with E-state index in [2.05, 4.69) is 4.74 Å². The van der Waals surface area contributed by atoms with Gasteiger partial charge < -0.3 is 14.6 Å². The van der Waals surface area contributed by atoms with Gasteiger partial charge in [-0.05, 0) is 31.0 Å². The highest BCUT2D eigenvalue weighted by atomic mass is 16.6. The Labute approximate surface area is 101 Å². The number of hydrogen-bond donors (Lipinski definition) is 1. The molecule has 6 heteroatoms. The molecule has 3 rings (SSSR count). The molecule has 6 nitrogen and oxygen atoms in total. The van der Waals surface area contributed by atoms with Crippen LogP contribution in [0.3, 0.4) is 0 Å². The molecule has 1 saturated carbocycles. The van der Waals surface area contributed by atoms with E-state index in [4.69, 9.17) is 9.84 Å². The highest BCUT2D eigenvalue weighted by Crippen LogP contribution is 2.50. The zero-order valence-corrected chi connectivity index (χ0v) is 9.13. The molecule has 92 valence electrons. The summed E-state index contributed by atoms with van der Waals surface area (Å²) in [5, 5.41) is 8.42. The number of esters is 1. The van der Waals surface area contributed by atoms with Gasteiger partial charge in [-0.1, -0.05) is 0 Å². The van der Waals surface area contributed by atoms with E-state index in [-0.39, 0.29) is 11.5 Å². The molecule has 0 aromatic heterocycles. The van der Waals surface area contributed by atoms with Gasteiger partial charge in [0.15, 0.2) is 5.60 Å². The average molecular weight is 248 g/mol. The van der Waals surface area contributed by atoms with Crippen LogP contribution >= 0.6 is 0 Å². The maximum atomic E-state index is 12.0. The number of fused-ring (bicyclic) bond motifs is 1. The van der Waals surface area contributed by atoms with Gasteiger partial charge in [-0.25, -0.2) is 9.59 Å². The second kappa shape index (κ2) is 3.32. The maximum Gasteiger partial charge on any atom is 0.422 e. The maximum absolute atomic E-state index is 12.0. The molecule has 0 bridgehead atoms. The van der Waals surface area contributed by atoms with E-state index >= 15 is 0 Å². The lowest BCUT2D eigenvalue weighted by molar-refractivity contribution is -0.158. The van der Waals surface area contributed by atoms with E-state index in [1.54, 1.807) is 0 Å². The standard InChI is InChI=1S/C12H8O6/c13-9-7-5-6(17-11(16)10(14)15)1-2-8(7)18-12(9)3-4-12/h1-2,5H,3-4H2,(H,14,15). The molecular formula is C12H8O6. The van der Waals surface area contributed by atoms with Crippen molar-refractivity contribution in [2.45, 2.75) is 18.4 Å². The molecule has 1 aliphatic heterocycles. The number of aliphatic carboxylic acids is 1. The normalized spacial score (nSPS) is 18.1. The predicted molar refractivity (Wildman–Crippen MR) is 56.6 cm³/mol.